The van der Waals surface area contributed by atoms with Gasteiger partial charge in [-0.3, -0.25) is 19.2 Å². The van der Waals surface area contributed by atoms with Crippen LogP contribution in [0.15, 0.2) is 65.6 Å². The third kappa shape index (κ3) is 5.14. The van der Waals surface area contributed by atoms with E-state index in [-0.39, 0.29) is 53.2 Å². The van der Waals surface area contributed by atoms with Crippen LogP contribution >= 0.6 is 0 Å². The highest BCUT2D eigenvalue weighted by molar-refractivity contribution is 6.04. The van der Waals surface area contributed by atoms with Gasteiger partial charge in [-0.15, -0.1) is 0 Å². The first-order chi connectivity index (χ1) is 19.1. The number of likely N-dealkylation sites (tertiary alicyclic amines) is 1. The molecule has 4 aromatic rings. The van der Waals surface area contributed by atoms with Crippen LogP contribution in [0.3, 0.4) is 0 Å². The van der Waals surface area contributed by atoms with Gasteiger partial charge in [-0.2, -0.15) is 0 Å². The lowest BCUT2D eigenvalue weighted by molar-refractivity contribution is 0.0308. The van der Waals surface area contributed by atoms with Crippen molar-refractivity contribution in [3.8, 4) is 17.2 Å². The lowest BCUT2D eigenvalue weighted by Gasteiger charge is -2.35. The molecule has 3 amide bonds. The number of hydrogen-bond donors (Lipinski definition) is 3. The topological polar surface area (TPSA) is 131 Å². The quantitative estimate of drug-likeness (QED) is 0.337. The van der Waals surface area contributed by atoms with Crippen molar-refractivity contribution in [1.82, 2.24) is 19.0 Å². The number of benzene rings is 2. The Balaban J connectivity index is 1.30. The highest BCUT2D eigenvalue weighted by Crippen LogP contribution is 2.28. The van der Waals surface area contributed by atoms with Gasteiger partial charge in [0.25, 0.3) is 5.91 Å². The third-order valence-electron chi connectivity index (χ3n) is 6.33. The van der Waals surface area contributed by atoms with Gasteiger partial charge in [0.15, 0.2) is 11.6 Å². The summed E-state index contributed by atoms with van der Waals surface area (Å²) >= 11 is 0. The minimum Gasteiger partial charge on any atom is -0.454 e. The van der Waals surface area contributed by atoms with Crippen LogP contribution in [0.25, 0.3) is 5.69 Å². The van der Waals surface area contributed by atoms with Crippen molar-refractivity contribution in [2.75, 3.05) is 23.7 Å². The van der Waals surface area contributed by atoms with Gasteiger partial charge in [-0.05, 0) is 37.3 Å². The maximum atomic E-state index is 14.9. The van der Waals surface area contributed by atoms with Gasteiger partial charge in [0.1, 0.15) is 23.1 Å². The Hall–Kier alpha value is -5.04. The van der Waals surface area contributed by atoms with Crippen LogP contribution in [0.1, 0.15) is 16.2 Å². The van der Waals surface area contributed by atoms with Gasteiger partial charge < -0.3 is 20.1 Å². The fourth-order valence-electron chi connectivity index (χ4n) is 4.30. The van der Waals surface area contributed by atoms with E-state index in [4.69, 9.17) is 4.74 Å². The number of rotatable bonds is 6. The second kappa shape index (κ2) is 10.6. The number of anilines is 2. The van der Waals surface area contributed by atoms with E-state index in [0.717, 1.165) is 15.2 Å². The molecule has 0 atom stereocenters. The summed E-state index contributed by atoms with van der Waals surface area (Å²) in [6, 6.07) is 11.9. The molecule has 0 unspecified atom stereocenters. The van der Waals surface area contributed by atoms with Gasteiger partial charge in [0.05, 0.1) is 30.6 Å². The Labute approximate surface area is 226 Å². The molecule has 3 N–H and O–H groups in total. The molecule has 1 aliphatic heterocycles. The molecule has 0 spiro atoms. The number of β-amino-alcohol motifs (C(OH)–C–C–N with tert-alkyl or cyclic N) is 1. The fourth-order valence-corrected chi connectivity index (χ4v) is 4.30. The van der Waals surface area contributed by atoms with Crippen LogP contribution in [0, 0.1) is 18.6 Å². The predicted octanol–water partition coefficient (Wildman–Crippen LogP) is 3.41. The molecule has 11 nitrogen and oxygen atoms in total. The van der Waals surface area contributed by atoms with E-state index in [2.05, 4.69) is 15.6 Å². The second-order valence-electron chi connectivity index (χ2n) is 9.13. The second-order valence-corrected chi connectivity index (χ2v) is 9.13. The monoisotopic (exact) mass is 550 g/mol. The number of carbonyl (C=O) groups excluding carboxylic acids is 2. The summed E-state index contributed by atoms with van der Waals surface area (Å²) in [6.07, 6.45) is 0.836. The molecule has 1 saturated heterocycles. The Morgan fingerprint density at radius 2 is 1.80 bits per heavy atom. The van der Waals surface area contributed by atoms with Crippen molar-refractivity contribution in [3.63, 3.8) is 0 Å². The smallest absolute Gasteiger partial charge is 0.333 e. The number of aromatic nitrogens is 3. The molecule has 0 radical (unpaired) electrons. The van der Waals surface area contributed by atoms with E-state index in [1.165, 1.54) is 67.5 Å². The first-order valence-electron chi connectivity index (χ1n) is 12.1. The number of hydrogen-bond acceptors (Lipinski definition) is 6. The molecule has 0 aliphatic carbocycles. The van der Waals surface area contributed by atoms with Crippen molar-refractivity contribution >= 4 is 23.4 Å². The zero-order valence-corrected chi connectivity index (χ0v) is 21.4. The maximum absolute atomic E-state index is 14.9. The van der Waals surface area contributed by atoms with Crippen molar-refractivity contribution in [3.05, 3.63) is 94.3 Å². The van der Waals surface area contributed by atoms with Crippen LogP contribution in [-0.2, 0) is 7.05 Å². The van der Waals surface area contributed by atoms with E-state index in [1.54, 1.807) is 6.07 Å². The number of aliphatic hydroxyl groups excluding tert-OH is 1. The van der Waals surface area contributed by atoms with Crippen molar-refractivity contribution in [2.45, 2.75) is 13.0 Å². The Morgan fingerprint density at radius 1 is 1.05 bits per heavy atom. The number of nitrogens with one attached hydrogen (secondary N) is 2. The number of pyridine rings is 1. The zero-order valence-electron chi connectivity index (χ0n) is 21.4. The van der Waals surface area contributed by atoms with Crippen LogP contribution in [0.4, 0.5) is 25.1 Å². The average Bonchev–Trinajstić information content (AvgIpc) is 3.12. The van der Waals surface area contributed by atoms with E-state index in [9.17, 15) is 28.3 Å². The van der Waals surface area contributed by atoms with E-state index in [0.29, 0.717) is 0 Å². The maximum Gasteiger partial charge on any atom is 0.333 e. The van der Waals surface area contributed by atoms with Crippen LogP contribution in [-0.4, -0.2) is 55.3 Å². The van der Waals surface area contributed by atoms with Gasteiger partial charge in [0, 0.05) is 31.1 Å². The summed E-state index contributed by atoms with van der Waals surface area (Å²) in [5, 5.41) is 14.5. The van der Waals surface area contributed by atoms with Gasteiger partial charge in [-0.1, -0.05) is 12.1 Å². The minimum atomic E-state index is -0.788. The van der Waals surface area contributed by atoms with Gasteiger partial charge in [0.2, 0.25) is 0 Å². The van der Waals surface area contributed by atoms with Gasteiger partial charge in [-0.25, -0.2) is 23.4 Å². The standard InChI is InChI=1S/C27H24F2N6O5/c1-15-24(33(2)27(39)35(15)21-6-4-3-5-19(21)28)25(37)31-16-7-8-22(20(29)11-16)40-18-9-10-30-23(12-18)32-26(38)34-13-17(36)14-34/h3-12,17,36H,13-14H2,1-2H3,(H,31,37)(H,30,32,38). The van der Waals surface area contributed by atoms with Crippen LogP contribution < -0.4 is 21.1 Å². The first-order valence-corrected chi connectivity index (χ1v) is 12.1. The molecular weight excluding hydrogens is 526 g/mol. The molecule has 5 rings (SSSR count). The lowest BCUT2D eigenvalue weighted by Crippen LogP contribution is -2.54. The van der Waals surface area contributed by atoms with E-state index in [1.807, 2.05) is 0 Å². The number of imidazole rings is 1. The summed E-state index contributed by atoms with van der Waals surface area (Å²) in [4.78, 5) is 43.4. The fraction of sp³-hybridized carbons (Fsp3) is 0.185. The molecule has 0 saturated carbocycles. The first kappa shape index (κ1) is 26.6. The van der Waals surface area contributed by atoms with Crippen molar-refractivity contribution in [2.24, 2.45) is 7.05 Å². The molecule has 1 aliphatic rings. The molecule has 0 bridgehead atoms. The van der Waals surface area contributed by atoms with Crippen LogP contribution in [0.5, 0.6) is 11.5 Å². The number of urea groups is 1. The number of halogens is 2. The number of amides is 3. The number of aliphatic hydroxyl groups is 1. The number of carbonyl (C=O) groups is 2. The molecule has 1 fully saturated rings. The summed E-state index contributed by atoms with van der Waals surface area (Å²) < 4.78 is 37.0. The number of para-hydroxylation sites is 1. The van der Waals surface area contributed by atoms with Gasteiger partial charge >= 0.3 is 11.7 Å². The molecule has 40 heavy (non-hydrogen) atoms. The van der Waals surface area contributed by atoms with Crippen molar-refractivity contribution in [1.29, 1.82) is 0 Å². The average molecular weight is 551 g/mol. The van der Waals surface area contributed by atoms with E-state index >= 15 is 0 Å². The Kier molecular flexibility index (Phi) is 7.05. The molecule has 206 valence electrons. The third-order valence-corrected chi connectivity index (χ3v) is 6.33. The molecule has 3 heterocycles. The summed E-state index contributed by atoms with van der Waals surface area (Å²) in [5.41, 5.74) is -0.322. The lowest BCUT2D eigenvalue weighted by atomic mass is 10.2. The minimum absolute atomic E-state index is 0.00498. The SMILES string of the molecule is Cc1c(C(=O)Nc2ccc(Oc3ccnc(NC(=O)N4CC(O)C4)c3)c(F)c2)n(C)c(=O)n1-c1ccccc1F. The van der Waals surface area contributed by atoms with E-state index < -0.39 is 35.4 Å². The van der Waals surface area contributed by atoms with Crippen LogP contribution in [0.2, 0.25) is 0 Å². The number of nitrogens with zero attached hydrogens (tertiary/aromatic N) is 4. The molecular formula is C27H24F2N6O5. The Morgan fingerprint density at radius 3 is 2.50 bits per heavy atom. The summed E-state index contributed by atoms with van der Waals surface area (Å²) in [6.45, 7) is 1.96. The number of ether oxygens (including phenoxy) is 1. The summed E-state index contributed by atoms with van der Waals surface area (Å²) in [5.74, 6) is -1.88. The molecule has 2 aromatic heterocycles. The summed E-state index contributed by atoms with van der Waals surface area (Å²) in [7, 11) is 1.39. The largest absolute Gasteiger partial charge is 0.454 e. The Bertz CT molecular complexity index is 1680. The molecule has 13 heteroatoms. The van der Waals surface area contributed by atoms with Crippen molar-refractivity contribution < 1.29 is 28.2 Å². The highest BCUT2D eigenvalue weighted by atomic mass is 19.1. The molecule has 2 aromatic carbocycles. The predicted molar refractivity (Wildman–Crippen MR) is 141 cm³/mol. The normalized spacial score (nSPS) is 13.1. The highest BCUT2D eigenvalue weighted by Gasteiger charge is 2.29. The zero-order chi connectivity index (χ0) is 28.6.